The fourth-order valence-corrected chi connectivity index (χ4v) is 3.13. The molecule has 0 atom stereocenters. The third-order valence-corrected chi connectivity index (χ3v) is 4.42. The van der Waals surface area contributed by atoms with Gasteiger partial charge < -0.3 is 15.4 Å². The Labute approximate surface area is 186 Å². The summed E-state index contributed by atoms with van der Waals surface area (Å²) in [5.74, 6) is 0.803. The van der Waals surface area contributed by atoms with Crippen molar-refractivity contribution in [1.82, 2.24) is 9.97 Å². The number of rotatable bonds is 8. The molecule has 0 aliphatic carbocycles. The summed E-state index contributed by atoms with van der Waals surface area (Å²) in [4.78, 5) is 7.96. The molecule has 1 heterocycles. The highest BCUT2D eigenvalue weighted by Gasteiger charge is 2.35. The third kappa shape index (κ3) is 6.60. The Morgan fingerprint density at radius 3 is 2.28 bits per heavy atom. The summed E-state index contributed by atoms with van der Waals surface area (Å²) in [7, 11) is 0. The van der Waals surface area contributed by atoms with Gasteiger partial charge in [-0.2, -0.15) is 18.2 Å². The highest BCUT2D eigenvalue weighted by atomic mass is 19.4. The Balaban J connectivity index is 1.85. The molecule has 8 heteroatoms. The van der Waals surface area contributed by atoms with Gasteiger partial charge in [0, 0.05) is 23.6 Å². The van der Waals surface area contributed by atoms with Gasteiger partial charge in [0.2, 0.25) is 5.95 Å². The fourth-order valence-electron chi connectivity index (χ4n) is 3.13. The van der Waals surface area contributed by atoms with Crippen molar-refractivity contribution in [2.24, 2.45) is 5.92 Å². The summed E-state index contributed by atoms with van der Waals surface area (Å²) in [5.41, 5.74) is 1.35. The van der Waals surface area contributed by atoms with Crippen LogP contribution in [0.3, 0.4) is 0 Å². The lowest BCUT2D eigenvalue weighted by Gasteiger charge is -2.16. The number of aromatic nitrogens is 2. The molecule has 0 amide bonds. The monoisotopic (exact) mass is 444 g/mol. The standard InChI is InChI=1S/C24H27F3N4O/c1-15(2)12-17-8-10-18(11-9-17)30-23-28-14-21(24(25,26)27)22(31-23)29-19-6-5-7-20(13-19)32-16(3)4/h5-11,13-16H,12H2,1-4H3,(H2,28,29,30,31). The van der Waals surface area contributed by atoms with Crippen LogP contribution >= 0.6 is 0 Å². The lowest BCUT2D eigenvalue weighted by atomic mass is 10.0. The van der Waals surface area contributed by atoms with E-state index in [1.165, 1.54) is 5.56 Å². The molecule has 3 rings (SSSR count). The van der Waals surface area contributed by atoms with Crippen LogP contribution in [-0.4, -0.2) is 16.1 Å². The van der Waals surface area contributed by atoms with Crippen molar-refractivity contribution in [3.8, 4) is 5.75 Å². The molecule has 0 saturated carbocycles. The predicted octanol–water partition coefficient (Wildman–Crippen LogP) is 6.97. The normalized spacial score (nSPS) is 11.7. The number of nitrogens with one attached hydrogen (secondary N) is 2. The maximum Gasteiger partial charge on any atom is 0.421 e. The molecule has 2 N–H and O–H groups in total. The zero-order valence-electron chi connectivity index (χ0n) is 18.5. The summed E-state index contributed by atoms with van der Waals surface area (Å²) < 4.78 is 46.3. The van der Waals surface area contributed by atoms with E-state index in [1.807, 2.05) is 38.1 Å². The van der Waals surface area contributed by atoms with E-state index in [1.54, 1.807) is 24.3 Å². The number of hydrogen-bond acceptors (Lipinski definition) is 5. The van der Waals surface area contributed by atoms with Crippen LogP contribution in [0.5, 0.6) is 5.75 Å². The van der Waals surface area contributed by atoms with Crippen molar-refractivity contribution in [3.05, 3.63) is 65.9 Å². The van der Waals surface area contributed by atoms with Crippen molar-refractivity contribution in [3.63, 3.8) is 0 Å². The Hall–Kier alpha value is -3.29. The first kappa shape index (κ1) is 23.4. The van der Waals surface area contributed by atoms with Crippen molar-refractivity contribution in [1.29, 1.82) is 0 Å². The summed E-state index contributed by atoms with van der Waals surface area (Å²) in [6.45, 7) is 8.03. The molecule has 32 heavy (non-hydrogen) atoms. The lowest BCUT2D eigenvalue weighted by molar-refractivity contribution is -0.137. The second-order valence-corrected chi connectivity index (χ2v) is 8.19. The van der Waals surface area contributed by atoms with Crippen LogP contribution in [-0.2, 0) is 12.6 Å². The number of ether oxygens (including phenoxy) is 1. The first-order valence-corrected chi connectivity index (χ1v) is 10.4. The molecular weight excluding hydrogens is 417 g/mol. The van der Waals surface area contributed by atoms with Gasteiger partial charge in [-0.15, -0.1) is 0 Å². The molecule has 2 aromatic carbocycles. The van der Waals surface area contributed by atoms with Gasteiger partial charge in [-0.1, -0.05) is 32.0 Å². The average Bonchev–Trinajstić information content (AvgIpc) is 2.68. The number of hydrogen-bond donors (Lipinski definition) is 2. The largest absolute Gasteiger partial charge is 0.491 e. The molecule has 5 nitrogen and oxygen atoms in total. The molecule has 0 aliphatic rings. The molecule has 170 valence electrons. The highest BCUT2D eigenvalue weighted by Crippen LogP contribution is 2.35. The van der Waals surface area contributed by atoms with Gasteiger partial charge in [0.15, 0.2) is 0 Å². The van der Waals surface area contributed by atoms with Crippen LogP contribution in [0.2, 0.25) is 0 Å². The summed E-state index contributed by atoms with van der Waals surface area (Å²) in [6.07, 6.45) is -2.94. The topological polar surface area (TPSA) is 59.1 Å². The Morgan fingerprint density at radius 1 is 0.938 bits per heavy atom. The SMILES string of the molecule is CC(C)Cc1ccc(Nc2ncc(C(F)(F)F)c(Nc3cccc(OC(C)C)c3)n2)cc1. The smallest absolute Gasteiger partial charge is 0.421 e. The van der Waals surface area contributed by atoms with Crippen molar-refractivity contribution < 1.29 is 17.9 Å². The zero-order valence-corrected chi connectivity index (χ0v) is 18.5. The minimum absolute atomic E-state index is 0.0576. The van der Waals surface area contributed by atoms with E-state index in [-0.39, 0.29) is 17.9 Å². The van der Waals surface area contributed by atoms with Crippen LogP contribution < -0.4 is 15.4 Å². The molecule has 0 saturated heterocycles. The second-order valence-electron chi connectivity index (χ2n) is 8.19. The fraction of sp³-hybridized carbons (Fsp3) is 0.333. The molecule has 0 radical (unpaired) electrons. The van der Waals surface area contributed by atoms with Crippen molar-refractivity contribution in [2.45, 2.75) is 46.4 Å². The maximum atomic E-state index is 13.5. The van der Waals surface area contributed by atoms with Crippen LogP contribution in [0.15, 0.2) is 54.7 Å². The van der Waals surface area contributed by atoms with Crippen LogP contribution in [0.4, 0.5) is 36.3 Å². The van der Waals surface area contributed by atoms with E-state index in [4.69, 9.17) is 4.74 Å². The first-order valence-electron chi connectivity index (χ1n) is 10.4. The average molecular weight is 445 g/mol. The van der Waals surface area contributed by atoms with Crippen LogP contribution in [0.1, 0.15) is 38.8 Å². The maximum absolute atomic E-state index is 13.5. The number of halogens is 3. The number of anilines is 4. The summed E-state index contributed by atoms with van der Waals surface area (Å²) in [6, 6.07) is 14.4. The first-order chi connectivity index (χ1) is 15.1. The van der Waals surface area contributed by atoms with Gasteiger partial charge in [0.05, 0.1) is 6.10 Å². The Morgan fingerprint density at radius 2 is 1.66 bits per heavy atom. The Bertz CT molecular complexity index is 1030. The summed E-state index contributed by atoms with van der Waals surface area (Å²) in [5, 5.41) is 5.73. The third-order valence-electron chi connectivity index (χ3n) is 4.42. The quantitative estimate of drug-likeness (QED) is 0.393. The number of alkyl halides is 3. The summed E-state index contributed by atoms with van der Waals surface area (Å²) >= 11 is 0. The molecular formula is C24H27F3N4O. The molecule has 0 bridgehead atoms. The van der Waals surface area contributed by atoms with E-state index in [0.29, 0.717) is 23.0 Å². The Kier molecular flexibility index (Phi) is 7.22. The molecule has 0 fully saturated rings. The predicted molar refractivity (Wildman–Crippen MR) is 121 cm³/mol. The van der Waals surface area contributed by atoms with Gasteiger partial charge in [-0.25, -0.2) is 4.98 Å². The minimum Gasteiger partial charge on any atom is -0.491 e. The van der Waals surface area contributed by atoms with E-state index < -0.39 is 11.7 Å². The number of nitrogens with zero attached hydrogens (tertiary/aromatic N) is 2. The van der Waals surface area contributed by atoms with Crippen LogP contribution in [0, 0.1) is 5.92 Å². The van der Waals surface area contributed by atoms with Crippen molar-refractivity contribution in [2.75, 3.05) is 10.6 Å². The van der Waals surface area contributed by atoms with Gasteiger partial charge in [0.1, 0.15) is 17.1 Å². The van der Waals surface area contributed by atoms with Gasteiger partial charge in [-0.3, -0.25) is 0 Å². The zero-order chi connectivity index (χ0) is 23.3. The molecule has 0 aliphatic heterocycles. The molecule has 3 aromatic rings. The number of benzene rings is 2. The van der Waals surface area contributed by atoms with Gasteiger partial charge in [0.25, 0.3) is 0 Å². The lowest BCUT2D eigenvalue weighted by Crippen LogP contribution is -2.13. The van der Waals surface area contributed by atoms with E-state index >= 15 is 0 Å². The van der Waals surface area contributed by atoms with E-state index in [0.717, 1.165) is 12.6 Å². The second kappa shape index (κ2) is 9.89. The van der Waals surface area contributed by atoms with E-state index in [2.05, 4.69) is 34.4 Å². The van der Waals surface area contributed by atoms with Crippen LogP contribution in [0.25, 0.3) is 0 Å². The van der Waals surface area contributed by atoms with Crippen molar-refractivity contribution >= 4 is 23.1 Å². The minimum atomic E-state index is -4.61. The van der Waals surface area contributed by atoms with E-state index in [9.17, 15) is 13.2 Å². The van der Waals surface area contributed by atoms with Gasteiger partial charge in [-0.05, 0) is 56.0 Å². The molecule has 0 spiro atoms. The molecule has 1 aromatic heterocycles. The molecule has 0 unspecified atom stereocenters. The van der Waals surface area contributed by atoms with Gasteiger partial charge >= 0.3 is 6.18 Å². The highest BCUT2D eigenvalue weighted by molar-refractivity contribution is 5.64.